The molecule has 2 aromatic rings. The predicted molar refractivity (Wildman–Crippen MR) is 71.9 cm³/mol. The second-order valence-corrected chi connectivity index (χ2v) is 5.65. The number of benzene rings is 1. The molecule has 0 aliphatic carbocycles. The molecule has 4 heteroatoms. The summed E-state index contributed by atoms with van der Waals surface area (Å²) in [5.41, 5.74) is 0.314. The van der Waals surface area contributed by atoms with Crippen molar-refractivity contribution in [1.29, 1.82) is 0 Å². The zero-order valence-electron chi connectivity index (χ0n) is 10.7. The van der Waals surface area contributed by atoms with E-state index >= 15 is 0 Å². The van der Waals surface area contributed by atoms with Crippen LogP contribution in [0.5, 0.6) is 0 Å². The van der Waals surface area contributed by atoms with Crippen LogP contribution in [0.2, 0.25) is 5.02 Å². The Kier molecular flexibility index (Phi) is 3.66. The molecule has 1 aromatic heterocycles. The van der Waals surface area contributed by atoms with Gasteiger partial charge in [-0.15, -0.1) is 0 Å². The Labute approximate surface area is 111 Å². The average molecular weight is 269 g/mol. The van der Waals surface area contributed by atoms with Crippen LogP contribution in [0.4, 0.5) is 0 Å². The van der Waals surface area contributed by atoms with Crippen molar-refractivity contribution in [3.8, 4) is 0 Å². The first-order valence-electron chi connectivity index (χ1n) is 5.87. The van der Waals surface area contributed by atoms with Gasteiger partial charge in [-0.3, -0.25) is 0 Å². The van der Waals surface area contributed by atoms with Crippen molar-refractivity contribution in [2.24, 2.45) is 0 Å². The fourth-order valence-corrected chi connectivity index (χ4v) is 1.84. The zero-order valence-corrected chi connectivity index (χ0v) is 11.5. The van der Waals surface area contributed by atoms with Crippen LogP contribution in [0.15, 0.2) is 28.7 Å². The van der Waals surface area contributed by atoms with Gasteiger partial charge in [-0.1, -0.05) is 23.7 Å². The average Bonchev–Trinajstić information content (AvgIpc) is 2.70. The van der Waals surface area contributed by atoms with Gasteiger partial charge in [0.2, 0.25) is 0 Å². The molecule has 2 rings (SSSR count). The number of ether oxygens (including phenoxy) is 1. The maximum atomic E-state index is 10.0. The van der Waals surface area contributed by atoms with Crippen molar-refractivity contribution in [1.82, 2.24) is 0 Å². The van der Waals surface area contributed by atoms with E-state index in [0.717, 1.165) is 5.39 Å². The van der Waals surface area contributed by atoms with E-state index < -0.39 is 6.10 Å². The number of aliphatic hydroxyl groups is 1. The highest BCUT2D eigenvalue weighted by molar-refractivity contribution is 6.34. The molecule has 0 aliphatic heterocycles. The van der Waals surface area contributed by atoms with Crippen molar-refractivity contribution < 1.29 is 14.3 Å². The van der Waals surface area contributed by atoms with E-state index in [9.17, 15) is 5.11 Å². The second kappa shape index (κ2) is 4.92. The molecule has 1 N–H and O–H groups in total. The van der Waals surface area contributed by atoms with E-state index in [1.54, 1.807) is 12.1 Å². The highest BCUT2D eigenvalue weighted by atomic mass is 35.5. The van der Waals surface area contributed by atoms with E-state index in [0.29, 0.717) is 16.4 Å². The van der Waals surface area contributed by atoms with Crippen LogP contribution < -0.4 is 0 Å². The molecular weight excluding hydrogens is 252 g/mol. The topological polar surface area (TPSA) is 42.6 Å². The van der Waals surface area contributed by atoms with E-state index in [-0.39, 0.29) is 12.2 Å². The molecule has 0 fully saturated rings. The Bertz CT molecular complexity index is 539. The maximum absolute atomic E-state index is 10.0. The summed E-state index contributed by atoms with van der Waals surface area (Å²) >= 11 is 6.02. The summed E-state index contributed by atoms with van der Waals surface area (Å²) in [4.78, 5) is 0. The largest absolute Gasteiger partial charge is 0.457 e. The number of fused-ring (bicyclic) bond motifs is 1. The first-order valence-corrected chi connectivity index (χ1v) is 6.24. The Morgan fingerprint density at radius 3 is 2.72 bits per heavy atom. The number of para-hydroxylation sites is 1. The minimum absolute atomic E-state index is 0.195. The van der Waals surface area contributed by atoms with Gasteiger partial charge in [-0.05, 0) is 32.9 Å². The molecule has 0 saturated carbocycles. The molecule has 0 spiro atoms. The summed E-state index contributed by atoms with van der Waals surface area (Å²) in [5, 5.41) is 11.4. The molecule has 18 heavy (non-hydrogen) atoms. The second-order valence-electron chi connectivity index (χ2n) is 5.25. The maximum Gasteiger partial charge on any atom is 0.152 e. The Balaban J connectivity index is 2.18. The van der Waals surface area contributed by atoms with Gasteiger partial charge < -0.3 is 14.3 Å². The summed E-state index contributed by atoms with van der Waals surface area (Å²) < 4.78 is 11.1. The van der Waals surface area contributed by atoms with E-state index in [1.807, 2.05) is 32.9 Å². The molecule has 1 atom stereocenters. The summed E-state index contributed by atoms with van der Waals surface area (Å²) in [7, 11) is 0. The third-order valence-electron chi connectivity index (χ3n) is 2.52. The SMILES string of the molecule is CC(C)(C)OCC(O)c1cc2cccc(Cl)c2o1. The summed E-state index contributed by atoms with van der Waals surface area (Å²) in [6.45, 7) is 6.01. The van der Waals surface area contributed by atoms with Gasteiger partial charge in [0.15, 0.2) is 5.58 Å². The minimum atomic E-state index is -0.785. The molecule has 0 amide bonds. The number of aliphatic hydroxyl groups excluding tert-OH is 1. The molecule has 1 heterocycles. The van der Waals surface area contributed by atoms with Crippen LogP contribution in [-0.4, -0.2) is 17.3 Å². The Morgan fingerprint density at radius 1 is 1.39 bits per heavy atom. The van der Waals surface area contributed by atoms with Gasteiger partial charge in [0.25, 0.3) is 0 Å². The molecule has 3 nitrogen and oxygen atoms in total. The van der Waals surface area contributed by atoms with Gasteiger partial charge in [-0.2, -0.15) is 0 Å². The predicted octanol–water partition coefficient (Wildman–Crippen LogP) is 3.93. The van der Waals surface area contributed by atoms with Gasteiger partial charge in [0, 0.05) is 5.39 Å². The highest BCUT2D eigenvalue weighted by Crippen LogP contribution is 2.29. The lowest BCUT2D eigenvalue weighted by Crippen LogP contribution is -2.22. The Hall–Kier alpha value is -1.03. The summed E-state index contributed by atoms with van der Waals surface area (Å²) in [6.07, 6.45) is -0.785. The third kappa shape index (κ3) is 3.05. The van der Waals surface area contributed by atoms with Crippen molar-refractivity contribution >= 4 is 22.6 Å². The van der Waals surface area contributed by atoms with Crippen LogP contribution >= 0.6 is 11.6 Å². The first kappa shape index (κ1) is 13.4. The number of rotatable bonds is 3. The van der Waals surface area contributed by atoms with E-state index in [4.69, 9.17) is 20.8 Å². The Morgan fingerprint density at radius 2 is 2.11 bits per heavy atom. The molecular formula is C14H17ClO3. The quantitative estimate of drug-likeness (QED) is 0.917. The van der Waals surface area contributed by atoms with Gasteiger partial charge in [0.1, 0.15) is 11.9 Å². The van der Waals surface area contributed by atoms with Crippen LogP contribution in [0.3, 0.4) is 0 Å². The van der Waals surface area contributed by atoms with E-state index in [2.05, 4.69) is 0 Å². The molecule has 0 radical (unpaired) electrons. The standard InChI is InChI=1S/C14H17ClO3/c1-14(2,3)17-8-11(16)12-7-9-5-4-6-10(15)13(9)18-12/h4-7,11,16H,8H2,1-3H3. The minimum Gasteiger partial charge on any atom is -0.457 e. The number of halogens is 1. The molecule has 0 saturated heterocycles. The van der Waals surface area contributed by atoms with Crippen molar-refractivity contribution in [2.45, 2.75) is 32.5 Å². The summed E-state index contributed by atoms with van der Waals surface area (Å²) in [5.74, 6) is 0.474. The monoisotopic (exact) mass is 268 g/mol. The molecule has 0 bridgehead atoms. The van der Waals surface area contributed by atoms with Gasteiger partial charge in [-0.25, -0.2) is 0 Å². The molecule has 1 unspecified atom stereocenters. The van der Waals surface area contributed by atoms with Crippen molar-refractivity contribution in [3.63, 3.8) is 0 Å². The fraction of sp³-hybridized carbons (Fsp3) is 0.429. The van der Waals surface area contributed by atoms with Crippen LogP contribution in [-0.2, 0) is 4.74 Å². The number of hydrogen-bond acceptors (Lipinski definition) is 3. The lowest BCUT2D eigenvalue weighted by molar-refractivity contribution is -0.0543. The van der Waals surface area contributed by atoms with E-state index in [1.165, 1.54) is 0 Å². The fourth-order valence-electron chi connectivity index (χ4n) is 1.62. The van der Waals surface area contributed by atoms with Crippen molar-refractivity contribution in [2.75, 3.05) is 6.61 Å². The van der Waals surface area contributed by atoms with Gasteiger partial charge >= 0.3 is 0 Å². The first-order chi connectivity index (χ1) is 8.37. The zero-order chi connectivity index (χ0) is 13.3. The smallest absolute Gasteiger partial charge is 0.152 e. The lowest BCUT2D eigenvalue weighted by atomic mass is 10.2. The third-order valence-corrected chi connectivity index (χ3v) is 2.82. The van der Waals surface area contributed by atoms with Crippen molar-refractivity contribution in [3.05, 3.63) is 35.0 Å². The molecule has 1 aromatic carbocycles. The number of furan rings is 1. The molecule has 98 valence electrons. The van der Waals surface area contributed by atoms with Gasteiger partial charge in [0.05, 0.1) is 17.2 Å². The van der Waals surface area contributed by atoms with Crippen LogP contribution in [0.25, 0.3) is 11.0 Å². The normalized spacial score (nSPS) is 14.1. The van der Waals surface area contributed by atoms with Crippen LogP contribution in [0, 0.1) is 0 Å². The molecule has 0 aliphatic rings. The summed E-state index contributed by atoms with van der Waals surface area (Å²) in [6, 6.07) is 7.29. The highest BCUT2D eigenvalue weighted by Gasteiger charge is 2.18. The lowest BCUT2D eigenvalue weighted by Gasteiger charge is -2.21. The van der Waals surface area contributed by atoms with Crippen LogP contribution in [0.1, 0.15) is 32.6 Å². The number of hydrogen-bond donors (Lipinski definition) is 1.